The Bertz CT molecular complexity index is 1040. The van der Waals surface area contributed by atoms with Crippen molar-refractivity contribution in [2.75, 3.05) is 5.32 Å². The van der Waals surface area contributed by atoms with Crippen molar-refractivity contribution in [1.29, 1.82) is 0 Å². The van der Waals surface area contributed by atoms with Gasteiger partial charge >= 0.3 is 5.69 Å². The maximum absolute atomic E-state index is 12.6. The summed E-state index contributed by atoms with van der Waals surface area (Å²) in [6, 6.07) is 17.8. The van der Waals surface area contributed by atoms with Crippen molar-refractivity contribution in [3.63, 3.8) is 0 Å². The molecule has 1 N–H and O–H groups in total. The third kappa shape index (κ3) is 4.37. The van der Waals surface area contributed by atoms with Crippen LogP contribution in [-0.4, -0.2) is 15.0 Å². The van der Waals surface area contributed by atoms with Crippen molar-refractivity contribution in [1.82, 2.24) is 9.13 Å². The molecule has 6 nitrogen and oxygen atoms in total. The molecule has 26 heavy (non-hydrogen) atoms. The fraction of sp³-hybridized carbons (Fsp3) is 0.105. The number of amides is 1. The summed E-state index contributed by atoms with van der Waals surface area (Å²) < 4.78 is 3.15. The molecule has 0 bridgehead atoms. The zero-order valence-electron chi connectivity index (χ0n) is 13.8. The van der Waals surface area contributed by atoms with Crippen LogP contribution in [0.2, 0.25) is 0 Å². The molecule has 1 heterocycles. The van der Waals surface area contributed by atoms with Crippen LogP contribution < -0.4 is 16.6 Å². The lowest BCUT2D eigenvalue weighted by molar-refractivity contribution is -0.116. The molecule has 0 spiro atoms. The minimum atomic E-state index is -0.522. The van der Waals surface area contributed by atoms with Crippen LogP contribution in [0, 0.1) is 0 Å². The summed E-state index contributed by atoms with van der Waals surface area (Å²) in [6.07, 6.45) is 1.44. The molecule has 0 saturated heterocycles. The number of anilines is 1. The van der Waals surface area contributed by atoms with E-state index >= 15 is 0 Å². The van der Waals surface area contributed by atoms with Crippen molar-refractivity contribution < 1.29 is 4.79 Å². The highest BCUT2D eigenvalue weighted by Gasteiger charge is 2.11. The van der Waals surface area contributed by atoms with E-state index < -0.39 is 17.2 Å². The van der Waals surface area contributed by atoms with Gasteiger partial charge in [0.25, 0.3) is 5.56 Å². The molecule has 132 valence electrons. The normalized spacial score (nSPS) is 10.5. The highest BCUT2D eigenvalue weighted by Crippen LogP contribution is 2.15. The van der Waals surface area contributed by atoms with E-state index in [0.29, 0.717) is 12.2 Å². The Balaban J connectivity index is 1.81. The van der Waals surface area contributed by atoms with Crippen LogP contribution in [-0.2, 0) is 17.9 Å². The Morgan fingerprint density at radius 1 is 1.00 bits per heavy atom. The minimum Gasteiger partial charge on any atom is -0.324 e. The second-order valence-electron chi connectivity index (χ2n) is 5.69. The van der Waals surface area contributed by atoms with Crippen LogP contribution in [0.3, 0.4) is 0 Å². The van der Waals surface area contributed by atoms with Gasteiger partial charge in [0.2, 0.25) is 5.91 Å². The fourth-order valence-electron chi connectivity index (χ4n) is 2.51. The summed E-state index contributed by atoms with van der Waals surface area (Å²) in [7, 11) is 0. The number of carbonyl (C=O) groups excluding carboxylic acids is 1. The van der Waals surface area contributed by atoms with Gasteiger partial charge in [0.15, 0.2) is 0 Å². The Morgan fingerprint density at radius 2 is 1.77 bits per heavy atom. The molecule has 3 aromatic rings. The van der Waals surface area contributed by atoms with Crippen molar-refractivity contribution in [2.24, 2.45) is 0 Å². The van der Waals surface area contributed by atoms with Gasteiger partial charge in [-0.2, -0.15) is 0 Å². The number of aromatic nitrogens is 2. The van der Waals surface area contributed by atoms with E-state index in [2.05, 4.69) is 21.2 Å². The molecular formula is C19H16BrN3O3. The molecular weight excluding hydrogens is 398 g/mol. The fourth-order valence-corrected chi connectivity index (χ4v) is 2.91. The lowest BCUT2D eigenvalue weighted by Gasteiger charge is -2.10. The van der Waals surface area contributed by atoms with Crippen molar-refractivity contribution in [3.05, 3.63) is 97.7 Å². The highest BCUT2D eigenvalue weighted by atomic mass is 79.9. The number of rotatable bonds is 5. The molecule has 0 radical (unpaired) electrons. The monoisotopic (exact) mass is 413 g/mol. The first-order valence-corrected chi connectivity index (χ1v) is 8.72. The molecule has 1 aromatic heterocycles. The van der Waals surface area contributed by atoms with Crippen LogP contribution in [0.4, 0.5) is 5.69 Å². The van der Waals surface area contributed by atoms with E-state index in [4.69, 9.17) is 0 Å². The van der Waals surface area contributed by atoms with Crippen LogP contribution in [0.15, 0.2) is 80.9 Å². The molecule has 0 fully saturated rings. The van der Waals surface area contributed by atoms with E-state index in [1.807, 2.05) is 36.4 Å². The lowest BCUT2D eigenvalue weighted by Crippen LogP contribution is -2.41. The molecule has 0 saturated carbocycles. The van der Waals surface area contributed by atoms with Gasteiger partial charge < -0.3 is 5.32 Å². The van der Waals surface area contributed by atoms with Gasteiger partial charge in [-0.1, -0.05) is 52.3 Å². The first kappa shape index (κ1) is 17.9. The SMILES string of the molecule is O=C(Cn1c(=O)ccn(Cc2ccccc2)c1=O)Nc1cccc(Br)c1. The van der Waals surface area contributed by atoms with Crippen LogP contribution in [0.1, 0.15) is 5.56 Å². The van der Waals surface area contributed by atoms with Crippen LogP contribution >= 0.6 is 15.9 Å². The van der Waals surface area contributed by atoms with E-state index in [0.717, 1.165) is 14.6 Å². The van der Waals surface area contributed by atoms with E-state index in [1.165, 1.54) is 16.8 Å². The average Bonchev–Trinajstić information content (AvgIpc) is 2.62. The maximum atomic E-state index is 12.6. The first-order chi connectivity index (χ1) is 12.5. The lowest BCUT2D eigenvalue weighted by atomic mass is 10.2. The van der Waals surface area contributed by atoms with E-state index in [1.54, 1.807) is 18.2 Å². The summed E-state index contributed by atoms with van der Waals surface area (Å²) in [5, 5.41) is 2.68. The van der Waals surface area contributed by atoms with Crippen molar-refractivity contribution in [3.8, 4) is 0 Å². The zero-order valence-corrected chi connectivity index (χ0v) is 15.3. The minimum absolute atomic E-state index is 0.327. The Kier molecular flexibility index (Phi) is 5.48. The van der Waals surface area contributed by atoms with Crippen molar-refractivity contribution >= 4 is 27.5 Å². The smallest absolute Gasteiger partial charge is 0.324 e. The predicted octanol–water partition coefficient (Wildman–Crippen LogP) is 2.46. The summed E-state index contributed by atoms with van der Waals surface area (Å²) in [4.78, 5) is 36.9. The van der Waals surface area contributed by atoms with Gasteiger partial charge in [0.1, 0.15) is 6.54 Å². The quantitative estimate of drug-likeness (QED) is 0.697. The molecule has 0 unspecified atom stereocenters. The second kappa shape index (κ2) is 7.97. The van der Waals surface area contributed by atoms with E-state index in [9.17, 15) is 14.4 Å². The number of hydrogen-bond acceptors (Lipinski definition) is 3. The van der Waals surface area contributed by atoms with Crippen LogP contribution in [0.5, 0.6) is 0 Å². The Morgan fingerprint density at radius 3 is 2.50 bits per heavy atom. The Hall–Kier alpha value is -2.93. The molecule has 1 amide bonds. The Labute approximate surface area is 157 Å². The highest BCUT2D eigenvalue weighted by molar-refractivity contribution is 9.10. The number of benzene rings is 2. The summed E-state index contributed by atoms with van der Waals surface area (Å²) in [5.41, 5.74) is 0.478. The zero-order chi connectivity index (χ0) is 18.5. The predicted molar refractivity (Wildman–Crippen MR) is 103 cm³/mol. The second-order valence-corrected chi connectivity index (χ2v) is 6.61. The van der Waals surface area contributed by atoms with Gasteiger partial charge in [-0.15, -0.1) is 0 Å². The standard InChI is InChI=1S/C19H16BrN3O3/c20-15-7-4-8-16(11-15)21-17(24)13-23-18(25)9-10-22(19(23)26)12-14-5-2-1-3-6-14/h1-11H,12-13H2,(H,21,24). The average molecular weight is 414 g/mol. The number of hydrogen-bond donors (Lipinski definition) is 1. The molecule has 0 aliphatic rings. The van der Waals surface area contributed by atoms with Gasteiger partial charge in [-0.25, -0.2) is 4.79 Å². The largest absolute Gasteiger partial charge is 0.331 e. The van der Waals surface area contributed by atoms with Crippen LogP contribution in [0.25, 0.3) is 0 Å². The topological polar surface area (TPSA) is 73.1 Å². The maximum Gasteiger partial charge on any atom is 0.331 e. The number of carbonyl (C=O) groups is 1. The first-order valence-electron chi connectivity index (χ1n) is 7.92. The third-order valence-electron chi connectivity index (χ3n) is 3.75. The molecule has 3 rings (SSSR count). The molecule has 2 aromatic carbocycles. The number of nitrogens with zero attached hydrogens (tertiary/aromatic N) is 2. The third-order valence-corrected chi connectivity index (χ3v) is 4.24. The van der Waals surface area contributed by atoms with Gasteiger partial charge in [0.05, 0.1) is 6.54 Å². The van der Waals surface area contributed by atoms with Gasteiger partial charge in [-0.3, -0.25) is 18.7 Å². The summed E-state index contributed by atoms with van der Waals surface area (Å²) >= 11 is 3.32. The summed E-state index contributed by atoms with van der Waals surface area (Å²) in [6.45, 7) is -0.0208. The molecule has 0 aliphatic heterocycles. The molecule has 0 aliphatic carbocycles. The van der Waals surface area contributed by atoms with Gasteiger partial charge in [-0.05, 0) is 23.8 Å². The molecule has 7 heteroatoms. The summed E-state index contributed by atoms with van der Waals surface area (Å²) in [5.74, 6) is -0.445. The number of halogens is 1. The molecule has 0 atom stereocenters. The van der Waals surface area contributed by atoms with E-state index in [-0.39, 0.29) is 6.54 Å². The van der Waals surface area contributed by atoms with Gasteiger partial charge in [0, 0.05) is 22.4 Å². The van der Waals surface area contributed by atoms with Crippen molar-refractivity contribution in [2.45, 2.75) is 13.1 Å². The number of nitrogens with one attached hydrogen (secondary N) is 1.